The Balaban J connectivity index is 1.52. The van der Waals surface area contributed by atoms with Gasteiger partial charge in [-0.15, -0.1) is 0 Å². The molecule has 0 aromatic heterocycles. The topological polar surface area (TPSA) is 105 Å². The Labute approximate surface area is 246 Å². The van der Waals surface area contributed by atoms with Crippen molar-refractivity contribution in [1.82, 2.24) is 0 Å². The van der Waals surface area contributed by atoms with E-state index >= 15 is 0 Å². The molecule has 230 valence electrons. The highest BCUT2D eigenvalue weighted by Gasteiger charge is 2.71. The van der Waals surface area contributed by atoms with Gasteiger partial charge < -0.3 is 19.8 Å². The number of nitrogens with zero attached hydrogens (tertiary/aromatic N) is 1. The van der Waals surface area contributed by atoms with Crippen molar-refractivity contribution in [2.24, 2.45) is 61.8 Å². The van der Waals surface area contributed by atoms with Crippen LogP contribution in [0, 0.1) is 56.7 Å². The summed E-state index contributed by atoms with van der Waals surface area (Å²) >= 11 is 0. The highest BCUT2D eigenvalue weighted by Crippen LogP contribution is 2.77. The summed E-state index contributed by atoms with van der Waals surface area (Å²) in [6, 6.07) is 0. The van der Waals surface area contributed by atoms with Gasteiger partial charge in [-0.25, -0.2) is 4.79 Å². The number of hydrogen-bond donors (Lipinski definition) is 2. The van der Waals surface area contributed by atoms with Gasteiger partial charge >= 0.3 is 11.9 Å². The van der Waals surface area contributed by atoms with Crippen molar-refractivity contribution in [3.8, 4) is 0 Å². The zero-order valence-corrected chi connectivity index (χ0v) is 26.3. The normalized spacial score (nSPS) is 47.9. The van der Waals surface area contributed by atoms with E-state index in [1.54, 1.807) is 0 Å². The maximum Gasteiger partial charge on any atom is 0.331 e. The van der Waals surface area contributed by atoms with Gasteiger partial charge in [-0.2, -0.15) is 0 Å². The molecule has 2 N–H and O–H groups in total. The molecule has 0 bridgehead atoms. The number of oxime groups is 1. The van der Waals surface area contributed by atoms with E-state index in [9.17, 15) is 19.8 Å². The molecule has 0 aromatic carbocycles. The van der Waals surface area contributed by atoms with Crippen molar-refractivity contribution in [1.29, 1.82) is 0 Å². The summed E-state index contributed by atoms with van der Waals surface area (Å²) in [5.74, 6) is 1.17. The number of carbonyl (C=O) groups is 2. The maximum atomic E-state index is 12.0. The smallest absolute Gasteiger partial charge is 0.331 e. The summed E-state index contributed by atoms with van der Waals surface area (Å²) in [7, 11) is 0. The summed E-state index contributed by atoms with van der Waals surface area (Å²) in [6.45, 7) is 17.4. The Bertz CT molecular complexity index is 1120. The molecule has 0 spiro atoms. The number of aliphatic hydroxyl groups excluding tert-OH is 2. The fraction of sp³-hybridized carbons (Fsp3) is 0.853. The van der Waals surface area contributed by atoms with Crippen molar-refractivity contribution in [2.45, 2.75) is 106 Å². The first-order valence-corrected chi connectivity index (χ1v) is 16.0. The summed E-state index contributed by atoms with van der Waals surface area (Å²) in [4.78, 5) is 28.8. The average molecular weight is 572 g/mol. The number of aliphatic hydroxyl groups is 2. The van der Waals surface area contributed by atoms with E-state index in [4.69, 9.17) is 9.57 Å². The summed E-state index contributed by atoms with van der Waals surface area (Å²) < 4.78 is 5.69. The van der Waals surface area contributed by atoms with Crippen molar-refractivity contribution >= 4 is 17.7 Å². The van der Waals surface area contributed by atoms with Gasteiger partial charge in [0.1, 0.15) is 6.61 Å². The van der Waals surface area contributed by atoms with Crippen molar-refractivity contribution in [2.75, 3.05) is 19.8 Å². The van der Waals surface area contributed by atoms with Gasteiger partial charge in [0.25, 0.3) is 0 Å². The average Bonchev–Trinajstić information content (AvgIpc) is 3.31. The summed E-state index contributed by atoms with van der Waals surface area (Å²) in [5, 5.41) is 25.2. The minimum absolute atomic E-state index is 0.0282. The van der Waals surface area contributed by atoms with Crippen LogP contribution in [-0.2, 0) is 19.2 Å². The number of carbonyl (C=O) groups excluding carboxylic acids is 2. The second-order valence-corrected chi connectivity index (χ2v) is 15.5. The van der Waals surface area contributed by atoms with Crippen LogP contribution in [0.15, 0.2) is 17.3 Å². The molecular formula is C34H53NO6. The maximum absolute atomic E-state index is 12.0. The lowest BCUT2D eigenvalue weighted by molar-refractivity contribution is -0.233. The lowest BCUT2D eigenvalue weighted by Crippen LogP contribution is -2.67. The largest absolute Gasteiger partial charge is 0.465 e. The van der Waals surface area contributed by atoms with Crippen LogP contribution in [0.1, 0.15) is 106 Å². The number of rotatable bonds is 6. The van der Waals surface area contributed by atoms with Gasteiger partial charge in [-0.05, 0) is 121 Å². The van der Waals surface area contributed by atoms with Gasteiger partial charge in [0.05, 0.1) is 12.3 Å². The quantitative estimate of drug-likeness (QED) is 0.173. The van der Waals surface area contributed by atoms with Crippen molar-refractivity contribution in [3.05, 3.63) is 12.2 Å². The van der Waals surface area contributed by atoms with Crippen LogP contribution in [0.3, 0.4) is 0 Å². The monoisotopic (exact) mass is 571 g/mol. The van der Waals surface area contributed by atoms with Gasteiger partial charge in [-0.3, -0.25) is 4.79 Å². The first kappa shape index (κ1) is 30.7. The number of hydrogen-bond acceptors (Lipinski definition) is 7. The Kier molecular flexibility index (Phi) is 7.84. The van der Waals surface area contributed by atoms with E-state index in [-0.39, 0.29) is 59.3 Å². The van der Waals surface area contributed by atoms with Gasteiger partial charge in [0.15, 0.2) is 0 Å². The van der Waals surface area contributed by atoms with E-state index in [1.807, 2.05) is 0 Å². The molecule has 10 atom stereocenters. The third-order valence-corrected chi connectivity index (χ3v) is 14.1. The molecule has 41 heavy (non-hydrogen) atoms. The Hall–Kier alpha value is -1.73. The Morgan fingerprint density at radius 3 is 2.27 bits per heavy atom. The van der Waals surface area contributed by atoms with E-state index in [2.05, 4.69) is 39.4 Å². The molecule has 0 amide bonds. The molecule has 0 aromatic rings. The van der Waals surface area contributed by atoms with Crippen LogP contribution in [0.5, 0.6) is 0 Å². The lowest BCUT2D eigenvalue weighted by atomic mass is 9.32. The minimum Gasteiger partial charge on any atom is -0.465 e. The highest BCUT2D eigenvalue weighted by atomic mass is 16.7. The molecule has 7 nitrogen and oxygen atoms in total. The van der Waals surface area contributed by atoms with Crippen LogP contribution in [0.4, 0.5) is 0 Å². The molecule has 5 rings (SSSR count). The van der Waals surface area contributed by atoms with Crippen LogP contribution < -0.4 is 0 Å². The van der Waals surface area contributed by atoms with Crippen molar-refractivity contribution < 1.29 is 29.4 Å². The molecule has 1 unspecified atom stereocenters. The lowest BCUT2D eigenvalue weighted by Gasteiger charge is -2.72. The Morgan fingerprint density at radius 2 is 1.63 bits per heavy atom. The fourth-order valence-corrected chi connectivity index (χ4v) is 11.9. The molecule has 0 heterocycles. The molecular weight excluding hydrogens is 518 g/mol. The number of esters is 1. The zero-order valence-electron chi connectivity index (χ0n) is 26.3. The second-order valence-electron chi connectivity index (χ2n) is 15.5. The highest BCUT2D eigenvalue weighted by molar-refractivity contribution is 5.91. The van der Waals surface area contributed by atoms with E-state index in [0.717, 1.165) is 75.5 Å². The molecule has 5 saturated carbocycles. The molecule has 0 saturated heterocycles. The predicted octanol–water partition coefficient (Wildman–Crippen LogP) is 6.07. The van der Waals surface area contributed by atoms with Gasteiger partial charge in [0, 0.05) is 25.9 Å². The third kappa shape index (κ3) is 4.38. The molecule has 0 aliphatic heterocycles. The fourth-order valence-electron chi connectivity index (χ4n) is 11.9. The second kappa shape index (κ2) is 10.5. The van der Waals surface area contributed by atoms with Crippen LogP contribution >= 0.6 is 0 Å². The van der Waals surface area contributed by atoms with Crippen LogP contribution in [0.2, 0.25) is 0 Å². The summed E-state index contributed by atoms with van der Waals surface area (Å²) in [6.07, 6.45) is 10.3. The first-order valence-electron chi connectivity index (χ1n) is 16.0. The van der Waals surface area contributed by atoms with Gasteiger partial charge in [0.2, 0.25) is 0 Å². The molecule has 0 radical (unpaired) electrons. The predicted molar refractivity (Wildman–Crippen MR) is 158 cm³/mol. The van der Waals surface area contributed by atoms with Crippen molar-refractivity contribution in [3.63, 3.8) is 0 Å². The Morgan fingerprint density at radius 1 is 0.902 bits per heavy atom. The minimum atomic E-state index is -0.499. The zero-order chi connectivity index (χ0) is 30.0. The molecule has 5 aliphatic carbocycles. The first-order chi connectivity index (χ1) is 19.2. The van der Waals surface area contributed by atoms with Crippen LogP contribution in [-0.4, -0.2) is 47.7 Å². The standard InChI is InChI=1S/C34H53NO6/c1-21(18-36)24-10-15-34(19-37)17-16-32(6)25(29(24)34)8-9-27-30(4)13-12-28(35-41-23(3)39)31(5,20-40-22(2)38)26(30)11-14-33(27,32)7/h24-27,29,36-37H,1,8-20H2,2-7H3/b35-28-/t24-,25+,26+,27+,29+,30-,31?,32+,33+,34+/m0/s1. The SMILES string of the molecule is C=C(CO)[C@@H]1CC[C@]2(CO)CC[C@]3(C)[C@H](CC[C@@H]4[C@@]5(C)CC/C(=N/OC(C)=O)C(C)(COC(C)=O)[C@@H]5CC[C@]43C)[C@@H]12. The van der Waals surface area contributed by atoms with Gasteiger partial charge in [-0.1, -0.05) is 39.4 Å². The molecule has 5 fully saturated rings. The summed E-state index contributed by atoms with van der Waals surface area (Å²) in [5.41, 5.74) is 1.52. The van der Waals surface area contributed by atoms with Crippen LogP contribution in [0.25, 0.3) is 0 Å². The molecule has 7 heteroatoms. The molecule has 5 aliphatic rings. The number of ether oxygens (including phenoxy) is 1. The third-order valence-electron chi connectivity index (χ3n) is 14.1. The van der Waals surface area contributed by atoms with E-state index in [1.165, 1.54) is 13.8 Å². The van der Waals surface area contributed by atoms with E-state index < -0.39 is 11.4 Å². The number of fused-ring (bicyclic) bond motifs is 7. The van der Waals surface area contributed by atoms with E-state index in [0.29, 0.717) is 17.8 Å².